The Kier molecular flexibility index (Phi) is 59.8. The lowest BCUT2D eigenvalue weighted by Crippen LogP contribution is -2.30. The van der Waals surface area contributed by atoms with Gasteiger partial charge < -0.3 is 14.2 Å². The molecule has 0 aliphatic rings. The molecule has 0 aromatic rings. The lowest BCUT2D eigenvalue weighted by molar-refractivity contribution is -0.167. The first-order valence-corrected chi connectivity index (χ1v) is 31.7. The Balaban J connectivity index is 4.39. The second-order valence-electron chi connectivity index (χ2n) is 20.9. The van der Waals surface area contributed by atoms with E-state index in [1.54, 1.807) is 0 Å². The van der Waals surface area contributed by atoms with E-state index in [4.69, 9.17) is 14.2 Å². The highest BCUT2D eigenvalue weighted by Crippen LogP contribution is 2.16. The quantitative estimate of drug-likeness (QED) is 0.0261. The maximum Gasteiger partial charge on any atom is 0.306 e. The molecule has 6 heteroatoms. The minimum Gasteiger partial charge on any atom is -0.462 e. The summed E-state index contributed by atoms with van der Waals surface area (Å²) in [5.74, 6) is -0.896. The van der Waals surface area contributed by atoms with E-state index in [2.05, 4.69) is 118 Å². The number of unbranched alkanes of at least 4 members (excludes halogenated alkanes) is 30. The summed E-state index contributed by atoms with van der Waals surface area (Å²) in [5, 5.41) is 0. The number of hydrogen-bond acceptors (Lipinski definition) is 6. The summed E-state index contributed by atoms with van der Waals surface area (Å²) in [6.45, 7) is 6.52. The van der Waals surface area contributed by atoms with Crippen LogP contribution in [0.4, 0.5) is 0 Å². The van der Waals surface area contributed by atoms with Crippen molar-refractivity contribution in [3.63, 3.8) is 0 Å². The highest BCUT2D eigenvalue weighted by molar-refractivity contribution is 5.71. The van der Waals surface area contributed by atoms with E-state index < -0.39 is 6.10 Å². The second-order valence-corrected chi connectivity index (χ2v) is 20.9. The van der Waals surface area contributed by atoms with E-state index in [0.717, 1.165) is 122 Å². The molecule has 430 valence electrons. The summed E-state index contributed by atoms with van der Waals surface area (Å²) in [4.78, 5) is 38.3. The van der Waals surface area contributed by atoms with Crippen molar-refractivity contribution in [3.8, 4) is 0 Å². The smallest absolute Gasteiger partial charge is 0.306 e. The van der Waals surface area contributed by atoms with Gasteiger partial charge in [0, 0.05) is 19.3 Å². The molecule has 0 saturated heterocycles. The van der Waals surface area contributed by atoms with Crippen molar-refractivity contribution in [2.75, 3.05) is 13.2 Å². The molecule has 1 unspecified atom stereocenters. The van der Waals surface area contributed by atoms with Gasteiger partial charge in [0.15, 0.2) is 6.10 Å². The molecule has 0 bridgehead atoms. The van der Waals surface area contributed by atoms with Gasteiger partial charge in [0.1, 0.15) is 13.2 Å². The van der Waals surface area contributed by atoms with E-state index in [0.29, 0.717) is 19.3 Å². The van der Waals surface area contributed by atoms with E-state index in [1.807, 2.05) is 0 Å². The topological polar surface area (TPSA) is 78.9 Å². The zero-order valence-corrected chi connectivity index (χ0v) is 49.3. The zero-order valence-electron chi connectivity index (χ0n) is 49.3. The Bertz CT molecular complexity index is 1480. The summed E-state index contributed by atoms with van der Waals surface area (Å²) < 4.78 is 16.9. The molecular formula is C69H118O6. The molecule has 0 fully saturated rings. The average Bonchev–Trinajstić information content (AvgIpc) is 3.41. The molecule has 0 rings (SSSR count). The van der Waals surface area contributed by atoms with Crippen molar-refractivity contribution >= 4 is 17.9 Å². The van der Waals surface area contributed by atoms with E-state index >= 15 is 0 Å². The van der Waals surface area contributed by atoms with Gasteiger partial charge >= 0.3 is 17.9 Å². The van der Waals surface area contributed by atoms with Crippen LogP contribution in [0.3, 0.4) is 0 Å². The van der Waals surface area contributed by atoms with Crippen LogP contribution in [0.2, 0.25) is 0 Å². The van der Waals surface area contributed by atoms with Crippen molar-refractivity contribution in [3.05, 3.63) is 97.2 Å². The fourth-order valence-corrected chi connectivity index (χ4v) is 8.83. The van der Waals surface area contributed by atoms with Gasteiger partial charge in [0.05, 0.1) is 0 Å². The van der Waals surface area contributed by atoms with Crippen LogP contribution in [0.15, 0.2) is 97.2 Å². The van der Waals surface area contributed by atoms with Crippen molar-refractivity contribution in [2.24, 2.45) is 0 Å². The fraction of sp³-hybridized carbons (Fsp3) is 0.725. The van der Waals surface area contributed by atoms with Gasteiger partial charge in [-0.25, -0.2) is 0 Å². The van der Waals surface area contributed by atoms with E-state index in [1.165, 1.54) is 141 Å². The maximum atomic E-state index is 12.9. The Labute approximate surface area is 464 Å². The third kappa shape index (κ3) is 61.1. The molecule has 0 N–H and O–H groups in total. The summed E-state index contributed by atoms with van der Waals surface area (Å²) in [6, 6.07) is 0. The Morgan fingerprint density at radius 2 is 0.520 bits per heavy atom. The van der Waals surface area contributed by atoms with Crippen LogP contribution < -0.4 is 0 Å². The number of carbonyl (C=O) groups is 3. The van der Waals surface area contributed by atoms with Crippen LogP contribution in [-0.2, 0) is 28.6 Å². The molecule has 0 aromatic heterocycles. The molecule has 0 spiro atoms. The summed E-state index contributed by atoms with van der Waals surface area (Å²) in [6.07, 6.45) is 84.0. The third-order valence-corrected chi connectivity index (χ3v) is 13.6. The first kappa shape index (κ1) is 71.3. The predicted octanol–water partition coefficient (Wildman–Crippen LogP) is 21.7. The average molecular weight is 1040 g/mol. The predicted molar refractivity (Wildman–Crippen MR) is 325 cm³/mol. The van der Waals surface area contributed by atoms with E-state index in [-0.39, 0.29) is 31.1 Å². The Morgan fingerprint density at radius 1 is 0.280 bits per heavy atom. The Hall–Kier alpha value is -3.67. The van der Waals surface area contributed by atoms with Gasteiger partial charge in [0.2, 0.25) is 0 Å². The highest BCUT2D eigenvalue weighted by atomic mass is 16.6. The molecule has 0 aromatic carbocycles. The summed E-state index contributed by atoms with van der Waals surface area (Å²) >= 11 is 0. The molecule has 75 heavy (non-hydrogen) atoms. The number of allylic oxidation sites excluding steroid dienone is 16. The number of esters is 3. The Morgan fingerprint density at radius 3 is 0.827 bits per heavy atom. The molecular weight excluding hydrogens is 925 g/mol. The minimum atomic E-state index is -0.788. The van der Waals surface area contributed by atoms with Gasteiger partial charge in [-0.15, -0.1) is 0 Å². The van der Waals surface area contributed by atoms with Crippen molar-refractivity contribution in [2.45, 2.75) is 309 Å². The minimum absolute atomic E-state index is 0.0833. The third-order valence-electron chi connectivity index (χ3n) is 13.6. The van der Waals surface area contributed by atoms with Crippen molar-refractivity contribution in [1.29, 1.82) is 0 Å². The van der Waals surface area contributed by atoms with Gasteiger partial charge in [-0.05, 0) is 103 Å². The molecule has 6 nitrogen and oxygen atoms in total. The summed E-state index contributed by atoms with van der Waals surface area (Å²) in [5.41, 5.74) is 0. The fourth-order valence-electron chi connectivity index (χ4n) is 8.83. The largest absolute Gasteiger partial charge is 0.462 e. The van der Waals surface area contributed by atoms with Crippen LogP contribution in [0, 0.1) is 0 Å². The van der Waals surface area contributed by atoms with Gasteiger partial charge in [-0.3, -0.25) is 14.4 Å². The molecule has 0 saturated carbocycles. The van der Waals surface area contributed by atoms with Gasteiger partial charge in [0.25, 0.3) is 0 Å². The standard InChI is InChI=1S/C69H118O6/c1-4-7-10-13-16-19-22-25-28-30-32-33-34-35-36-37-38-40-41-44-47-50-53-56-59-62-68(71)74-65-66(64-73-67(70)61-58-55-52-49-46-43-27-24-21-18-15-12-9-6-3)75-69(72)63-60-57-54-51-48-45-42-39-31-29-26-23-20-17-14-11-8-5-2/h7,10,16,19-20,23,25,28-29,31-33,35-36,38,40,66H,4-6,8-9,11-15,17-18,21-22,24,26-27,30,34,37,39,41-65H2,1-3H3/b10-7-,19-16-,23-20-,28-25-,31-29-,33-32-,36-35-,40-38-. The monoisotopic (exact) mass is 1040 g/mol. The van der Waals surface area contributed by atoms with Crippen LogP contribution in [0.25, 0.3) is 0 Å². The number of rotatable bonds is 57. The van der Waals surface area contributed by atoms with Crippen LogP contribution in [0.5, 0.6) is 0 Å². The normalized spacial score (nSPS) is 12.7. The molecule has 0 aliphatic heterocycles. The second kappa shape index (κ2) is 62.9. The first-order valence-electron chi connectivity index (χ1n) is 31.7. The lowest BCUT2D eigenvalue weighted by Gasteiger charge is -2.18. The lowest BCUT2D eigenvalue weighted by atomic mass is 10.0. The highest BCUT2D eigenvalue weighted by Gasteiger charge is 2.19. The van der Waals surface area contributed by atoms with Crippen molar-refractivity contribution in [1.82, 2.24) is 0 Å². The molecule has 0 aliphatic carbocycles. The first-order chi connectivity index (χ1) is 37.0. The van der Waals surface area contributed by atoms with Crippen LogP contribution in [0.1, 0.15) is 303 Å². The molecule has 0 radical (unpaired) electrons. The molecule has 1 atom stereocenters. The van der Waals surface area contributed by atoms with Crippen LogP contribution >= 0.6 is 0 Å². The van der Waals surface area contributed by atoms with E-state index in [9.17, 15) is 14.4 Å². The molecule has 0 amide bonds. The molecule has 0 heterocycles. The van der Waals surface area contributed by atoms with Crippen molar-refractivity contribution < 1.29 is 28.6 Å². The summed E-state index contributed by atoms with van der Waals surface area (Å²) in [7, 11) is 0. The van der Waals surface area contributed by atoms with Gasteiger partial charge in [-0.2, -0.15) is 0 Å². The number of hydrogen-bond donors (Lipinski definition) is 0. The number of ether oxygens (including phenoxy) is 3. The number of carbonyl (C=O) groups excluding carboxylic acids is 3. The van der Waals surface area contributed by atoms with Crippen LogP contribution in [-0.4, -0.2) is 37.2 Å². The maximum absolute atomic E-state index is 12.9. The SMILES string of the molecule is CC/C=C\C/C=C\C/C=C\C/C=C\C/C=C\C/C=C\CCCCCCCCC(=O)OCC(COC(=O)CCCCCCCCCCCCCCCC)OC(=O)CCCCCCCCC/C=C\C/C=C\CCCCCC. The van der Waals surface area contributed by atoms with Gasteiger partial charge in [-0.1, -0.05) is 279 Å². The zero-order chi connectivity index (χ0) is 54.3.